The van der Waals surface area contributed by atoms with Gasteiger partial charge in [0, 0.05) is 18.6 Å². The minimum Gasteiger partial charge on any atom is -0.312 e. The largest absolute Gasteiger partial charge is 0.312 e. The second kappa shape index (κ2) is 4.74. The standard InChI is InChI=1S/C15H26N2/c1-11(15-9-12-5-6-13(15)8-12)16-10-14-4-3-7-17(14)2/h5-6,11-16H,3-4,7-10H2,1-2H3. The van der Waals surface area contributed by atoms with Crippen molar-refractivity contribution in [3.8, 4) is 0 Å². The molecule has 0 aromatic rings. The summed E-state index contributed by atoms with van der Waals surface area (Å²) in [4.78, 5) is 2.51. The van der Waals surface area contributed by atoms with Crippen molar-refractivity contribution < 1.29 is 0 Å². The summed E-state index contributed by atoms with van der Waals surface area (Å²) in [6.07, 6.45) is 10.5. The molecule has 0 aromatic heterocycles. The van der Waals surface area contributed by atoms with Gasteiger partial charge in [0.25, 0.3) is 0 Å². The van der Waals surface area contributed by atoms with E-state index in [1.165, 1.54) is 38.8 Å². The molecule has 1 saturated heterocycles. The van der Waals surface area contributed by atoms with Crippen LogP contribution in [0.15, 0.2) is 12.2 Å². The summed E-state index contributed by atoms with van der Waals surface area (Å²) < 4.78 is 0. The Kier molecular flexibility index (Phi) is 3.27. The molecule has 5 atom stereocenters. The molecule has 17 heavy (non-hydrogen) atoms. The van der Waals surface area contributed by atoms with Crippen LogP contribution in [0.2, 0.25) is 0 Å². The third-order valence-electron chi connectivity index (χ3n) is 5.32. The van der Waals surface area contributed by atoms with E-state index in [4.69, 9.17) is 0 Å². The molecule has 1 saturated carbocycles. The molecule has 0 aromatic carbocycles. The van der Waals surface area contributed by atoms with Crippen molar-refractivity contribution >= 4 is 0 Å². The van der Waals surface area contributed by atoms with E-state index in [1.807, 2.05) is 0 Å². The Bertz CT molecular complexity index is 299. The normalized spacial score (nSPS) is 42.5. The maximum Gasteiger partial charge on any atom is 0.0218 e. The number of nitrogens with zero attached hydrogens (tertiary/aromatic N) is 1. The first-order chi connectivity index (χ1) is 8.24. The Labute approximate surface area is 105 Å². The van der Waals surface area contributed by atoms with Gasteiger partial charge < -0.3 is 10.2 Å². The summed E-state index contributed by atoms with van der Waals surface area (Å²) in [5, 5.41) is 3.81. The average Bonchev–Trinajstić information content (AvgIpc) is 3.01. The van der Waals surface area contributed by atoms with E-state index in [0.717, 1.165) is 23.8 Å². The van der Waals surface area contributed by atoms with Crippen molar-refractivity contribution in [1.82, 2.24) is 10.2 Å². The molecule has 1 heterocycles. The molecule has 2 heteroatoms. The number of allylic oxidation sites excluding steroid dienone is 2. The summed E-state index contributed by atoms with van der Waals surface area (Å²) >= 11 is 0. The van der Waals surface area contributed by atoms with Gasteiger partial charge in [0.05, 0.1) is 0 Å². The molecule has 2 nitrogen and oxygen atoms in total. The van der Waals surface area contributed by atoms with Gasteiger partial charge in [0.1, 0.15) is 0 Å². The van der Waals surface area contributed by atoms with Crippen LogP contribution in [0.1, 0.15) is 32.6 Å². The molecular formula is C15H26N2. The first-order valence-electron chi connectivity index (χ1n) is 7.36. The molecule has 5 unspecified atom stereocenters. The van der Waals surface area contributed by atoms with Crippen LogP contribution in [-0.2, 0) is 0 Å². The fourth-order valence-electron chi connectivity index (χ4n) is 4.11. The predicted octanol–water partition coefficient (Wildman–Crippen LogP) is 2.27. The molecule has 2 bridgehead atoms. The number of fused-ring (bicyclic) bond motifs is 2. The Hall–Kier alpha value is -0.340. The Morgan fingerprint density at radius 2 is 2.24 bits per heavy atom. The van der Waals surface area contributed by atoms with Crippen LogP contribution in [0.5, 0.6) is 0 Å². The van der Waals surface area contributed by atoms with Crippen LogP contribution in [0.4, 0.5) is 0 Å². The predicted molar refractivity (Wildman–Crippen MR) is 72.0 cm³/mol. The first-order valence-corrected chi connectivity index (χ1v) is 7.36. The SMILES string of the molecule is CC(NCC1CCCN1C)C1CC2C=CC1C2. The Morgan fingerprint density at radius 1 is 1.35 bits per heavy atom. The lowest BCUT2D eigenvalue weighted by Crippen LogP contribution is -2.43. The van der Waals surface area contributed by atoms with E-state index in [0.29, 0.717) is 6.04 Å². The van der Waals surface area contributed by atoms with Gasteiger partial charge in [-0.05, 0) is 64.0 Å². The molecule has 2 fully saturated rings. The van der Waals surface area contributed by atoms with Crippen molar-refractivity contribution in [3.63, 3.8) is 0 Å². The minimum atomic E-state index is 0.698. The lowest BCUT2D eigenvalue weighted by atomic mass is 9.87. The molecule has 2 aliphatic carbocycles. The average molecular weight is 234 g/mol. The van der Waals surface area contributed by atoms with Crippen LogP contribution in [0.25, 0.3) is 0 Å². The number of rotatable bonds is 4. The van der Waals surface area contributed by atoms with Crippen molar-refractivity contribution in [2.45, 2.75) is 44.7 Å². The fourth-order valence-corrected chi connectivity index (χ4v) is 4.11. The topological polar surface area (TPSA) is 15.3 Å². The van der Waals surface area contributed by atoms with E-state index in [2.05, 4.69) is 36.3 Å². The van der Waals surface area contributed by atoms with Crippen molar-refractivity contribution in [3.05, 3.63) is 12.2 Å². The van der Waals surface area contributed by atoms with E-state index < -0.39 is 0 Å². The monoisotopic (exact) mass is 234 g/mol. The van der Waals surface area contributed by atoms with Gasteiger partial charge in [-0.2, -0.15) is 0 Å². The third kappa shape index (κ3) is 2.30. The van der Waals surface area contributed by atoms with Crippen LogP contribution in [0.3, 0.4) is 0 Å². The molecular weight excluding hydrogens is 208 g/mol. The van der Waals surface area contributed by atoms with Gasteiger partial charge >= 0.3 is 0 Å². The Balaban J connectivity index is 1.47. The van der Waals surface area contributed by atoms with Crippen molar-refractivity contribution in [2.75, 3.05) is 20.1 Å². The lowest BCUT2D eigenvalue weighted by Gasteiger charge is -2.29. The molecule has 3 rings (SSSR count). The molecule has 0 spiro atoms. The quantitative estimate of drug-likeness (QED) is 0.751. The van der Waals surface area contributed by atoms with Gasteiger partial charge in [-0.25, -0.2) is 0 Å². The highest BCUT2D eigenvalue weighted by atomic mass is 15.2. The number of hydrogen-bond acceptors (Lipinski definition) is 2. The second-order valence-corrected chi connectivity index (χ2v) is 6.42. The summed E-state index contributed by atoms with van der Waals surface area (Å²) in [5.74, 6) is 2.68. The summed E-state index contributed by atoms with van der Waals surface area (Å²) in [6.45, 7) is 4.88. The number of hydrogen-bond donors (Lipinski definition) is 1. The zero-order valence-corrected chi connectivity index (χ0v) is 11.2. The molecule has 96 valence electrons. The van der Waals surface area contributed by atoms with Gasteiger partial charge in [0.15, 0.2) is 0 Å². The molecule has 1 N–H and O–H groups in total. The van der Waals surface area contributed by atoms with Gasteiger partial charge in [-0.3, -0.25) is 0 Å². The van der Waals surface area contributed by atoms with Crippen molar-refractivity contribution in [2.24, 2.45) is 17.8 Å². The van der Waals surface area contributed by atoms with Crippen LogP contribution < -0.4 is 5.32 Å². The maximum absolute atomic E-state index is 3.81. The zero-order chi connectivity index (χ0) is 11.8. The van der Waals surface area contributed by atoms with Crippen molar-refractivity contribution in [1.29, 1.82) is 0 Å². The third-order valence-corrected chi connectivity index (χ3v) is 5.32. The highest BCUT2D eigenvalue weighted by Gasteiger charge is 2.38. The first kappa shape index (κ1) is 11.7. The van der Waals surface area contributed by atoms with E-state index in [9.17, 15) is 0 Å². The van der Waals surface area contributed by atoms with Crippen LogP contribution in [-0.4, -0.2) is 37.1 Å². The smallest absolute Gasteiger partial charge is 0.0218 e. The van der Waals surface area contributed by atoms with Gasteiger partial charge in [-0.15, -0.1) is 0 Å². The van der Waals surface area contributed by atoms with E-state index in [1.54, 1.807) is 0 Å². The molecule has 1 aliphatic heterocycles. The maximum atomic E-state index is 3.81. The van der Waals surface area contributed by atoms with E-state index >= 15 is 0 Å². The highest BCUT2D eigenvalue weighted by molar-refractivity contribution is 5.11. The van der Waals surface area contributed by atoms with Crippen LogP contribution in [0, 0.1) is 17.8 Å². The lowest BCUT2D eigenvalue weighted by molar-refractivity contribution is 0.264. The van der Waals surface area contributed by atoms with Gasteiger partial charge in [0.2, 0.25) is 0 Å². The summed E-state index contributed by atoms with van der Waals surface area (Å²) in [7, 11) is 2.27. The second-order valence-electron chi connectivity index (χ2n) is 6.42. The molecule has 3 aliphatic rings. The number of likely N-dealkylation sites (N-methyl/N-ethyl adjacent to an activating group) is 1. The minimum absolute atomic E-state index is 0.698. The van der Waals surface area contributed by atoms with Gasteiger partial charge in [-0.1, -0.05) is 12.2 Å². The van der Waals surface area contributed by atoms with E-state index in [-0.39, 0.29) is 0 Å². The fraction of sp³-hybridized carbons (Fsp3) is 0.867. The Morgan fingerprint density at radius 3 is 2.82 bits per heavy atom. The summed E-state index contributed by atoms with van der Waals surface area (Å²) in [5.41, 5.74) is 0. The number of nitrogens with one attached hydrogen (secondary N) is 1. The zero-order valence-electron chi connectivity index (χ0n) is 11.2. The summed E-state index contributed by atoms with van der Waals surface area (Å²) in [6, 6.07) is 1.48. The highest BCUT2D eigenvalue weighted by Crippen LogP contribution is 2.44. The molecule has 0 radical (unpaired) electrons. The number of likely N-dealkylation sites (tertiary alicyclic amines) is 1. The molecule has 0 amide bonds. The van der Waals surface area contributed by atoms with Crippen LogP contribution >= 0.6 is 0 Å².